The molecule has 2 fully saturated rings. The van der Waals surface area contributed by atoms with E-state index < -0.39 is 19.7 Å². The van der Waals surface area contributed by atoms with E-state index in [2.05, 4.69) is 25.0 Å². The summed E-state index contributed by atoms with van der Waals surface area (Å²) in [6.45, 7) is 16.2. The van der Waals surface area contributed by atoms with Crippen LogP contribution in [0.5, 0.6) is 17.2 Å². The van der Waals surface area contributed by atoms with E-state index in [1.165, 1.54) is 6.33 Å². The van der Waals surface area contributed by atoms with Crippen LogP contribution in [0.1, 0.15) is 75.3 Å². The van der Waals surface area contributed by atoms with Crippen LogP contribution in [-0.4, -0.2) is 82.2 Å². The number of ether oxygens (including phenoxy) is 4. The Labute approximate surface area is 289 Å². The number of carbonyl (C=O) groups is 2. The van der Waals surface area contributed by atoms with Gasteiger partial charge in [-0.3, -0.25) is 4.79 Å². The zero-order chi connectivity index (χ0) is 35.1. The molecule has 13 heteroatoms. The molecule has 0 atom stereocenters. The lowest BCUT2D eigenvalue weighted by molar-refractivity contribution is 0.0519. The fourth-order valence-corrected chi connectivity index (χ4v) is 7.72. The van der Waals surface area contributed by atoms with Gasteiger partial charge in [-0.15, -0.1) is 0 Å². The summed E-state index contributed by atoms with van der Waals surface area (Å²) in [5.41, 5.74) is 3.16. The van der Waals surface area contributed by atoms with E-state index in [-0.39, 0.29) is 31.5 Å². The summed E-state index contributed by atoms with van der Waals surface area (Å²) in [6, 6.07) is 4.60. The van der Waals surface area contributed by atoms with E-state index in [0.29, 0.717) is 89.9 Å². The molecular formula is C36H51N5O7Si. The summed E-state index contributed by atoms with van der Waals surface area (Å²) in [5, 5.41) is 13.2. The minimum Gasteiger partial charge on any atom is -0.492 e. The molecule has 2 saturated carbocycles. The van der Waals surface area contributed by atoms with E-state index in [1.807, 2.05) is 44.4 Å². The van der Waals surface area contributed by atoms with Crippen LogP contribution in [0, 0.1) is 12.8 Å². The Morgan fingerprint density at radius 1 is 1.08 bits per heavy atom. The second-order valence-corrected chi connectivity index (χ2v) is 21.5. The van der Waals surface area contributed by atoms with Crippen molar-refractivity contribution in [1.82, 2.24) is 24.8 Å². The quantitative estimate of drug-likeness (QED) is 0.151. The Kier molecular flexibility index (Phi) is 9.87. The van der Waals surface area contributed by atoms with Gasteiger partial charge in [0, 0.05) is 38.0 Å². The van der Waals surface area contributed by atoms with Crippen LogP contribution in [0.2, 0.25) is 25.7 Å². The molecule has 0 bridgehead atoms. The molecule has 2 aliphatic carbocycles. The molecule has 12 nitrogen and oxygen atoms in total. The maximum Gasteiger partial charge on any atom is 0.407 e. The highest BCUT2D eigenvalue weighted by Gasteiger charge is 2.37. The van der Waals surface area contributed by atoms with Crippen molar-refractivity contribution in [1.29, 1.82) is 0 Å². The molecule has 2 aromatic heterocycles. The molecule has 2 N–H and O–H groups in total. The first-order valence-electron chi connectivity index (χ1n) is 17.5. The predicted molar refractivity (Wildman–Crippen MR) is 189 cm³/mol. The van der Waals surface area contributed by atoms with Gasteiger partial charge in [0.05, 0.1) is 23.3 Å². The van der Waals surface area contributed by atoms with E-state index in [4.69, 9.17) is 28.9 Å². The van der Waals surface area contributed by atoms with Gasteiger partial charge in [0.15, 0.2) is 11.5 Å². The van der Waals surface area contributed by atoms with Crippen molar-refractivity contribution in [3.63, 3.8) is 0 Å². The first-order valence-corrected chi connectivity index (χ1v) is 21.2. The van der Waals surface area contributed by atoms with E-state index in [0.717, 1.165) is 24.6 Å². The average molecular weight is 694 g/mol. The normalized spacial score (nSPS) is 19.2. The maximum atomic E-state index is 14.2. The summed E-state index contributed by atoms with van der Waals surface area (Å²) in [6.07, 6.45) is 5.61. The number of nitrogens with zero attached hydrogens (tertiary/aromatic N) is 4. The summed E-state index contributed by atoms with van der Waals surface area (Å²) in [4.78, 5) is 37.3. The van der Waals surface area contributed by atoms with E-state index in [1.54, 1.807) is 4.90 Å². The number of rotatable bonds is 12. The van der Waals surface area contributed by atoms with Crippen LogP contribution in [0.15, 0.2) is 18.5 Å². The number of carboxylic acid groups (broad SMARTS) is 1. The van der Waals surface area contributed by atoms with Crippen molar-refractivity contribution in [2.24, 2.45) is 5.92 Å². The van der Waals surface area contributed by atoms with Crippen molar-refractivity contribution in [3.05, 3.63) is 29.7 Å². The number of carbonyl (C=O) groups excluding carboxylic acids is 1. The molecule has 3 aliphatic rings. The van der Waals surface area contributed by atoms with Gasteiger partial charge in [0.2, 0.25) is 6.79 Å². The van der Waals surface area contributed by atoms with Crippen LogP contribution in [-0.2, 0) is 11.5 Å². The Bertz CT molecular complexity index is 1700. The molecule has 266 valence electrons. The zero-order valence-corrected chi connectivity index (χ0v) is 30.9. The summed E-state index contributed by atoms with van der Waals surface area (Å²) in [7, 11) is -1.33. The van der Waals surface area contributed by atoms with Gasteiger partial charge in [-0.25, -0.2) is 14.8 Å². The Balaban J connectivity index is 1.34. The van der Waals surface area contributed by atoms with Crippen molar-refractivity contribution >= 4 is 31.1 Å². The van der Waals surface area contributed by atoms with Gasteiger partial charge in [-0.05, 0) is 90.3 Å². The molecule has 0 unspecified atom stereocenters. The van der Waals surface area contributed by atoms with Crippen LogP contribution < -0.4 is 19.5 Å². The van der Waals surface area contributed by atoms with Crippen LogP contribution in [0.4, 0.5) is 4.79 Å². The molecule has 49 heavy (non-hydrogen) atoms. The van der Waals surface area contributed by atoms with Gasteiger partial charge >= 0.3 is 6.09 Å². The van der Waals surface area contributed by atoms with E-state index >= 15 is 0 Å². The maximum absolute atomic E-state index is 14.2. The second kappa shape index (κ2) is 13.8. The first-order chi connectivity index (χ1) is 23.2. The molecule has 0 saturated heterocycles. The van der Waals surface area contributed by atoms with Crippen LogP contribution >= 0.6 is 0 Å². The molecule has 0 spiro atoms. The molecule has 6 rings (SSSR count). The molecule has 2 amide bonds. The topological polar surface area (TPSA) is 137 Å². The number of benzene rings is 1. The third kappa shape index (κ3) is 7.67. The monoisotopic (exact) mass is 693 g/mol. The highest BCUT2D eigenvalue weighted by atomic mass is 28.3. The third-order valence-electron chi connectivity index (χ3n) is 9.77. The molecule has 0 radical (unpaired) electrons. The number of nitrogens with one attached hydrogen (secondary N) is 1. The van der Waals surface area contributed by atoms with Gasteiger partial charge in [-0.2, -0.15) is 0 Å². The highest BCUT2D eigenvalue weighted by molar-refractivity contribution is 6.76. The van der Waals surface area contributed by atoms with Crippen LogP contribution in [0.25, 0.3) is 22.3 Å². The van der Waals surface area contributed by atoms with Crippen LogP contribution in [0.3, 0.4) is 0 Å². The number of aromatic nitrogens is 3. The number of amides is 2. The van der Waals surface area contributed by atoms with Gasteiger partial charge < -0.3 is 38.8 Å². The zero-order valence-electron chi connectivity index (χ0n) is 29.9. The Hall–Kier alpha value is -3.84. The molecule has 3 aromatic rings. The lowest BCUT2D eigenvalue weighted by atomic mass is 9.88. The second-order valence-electron chi connectivity index (χ2n) is 15.9. The Morgan fingerprint density at radius 3 is 2.47 bits per heavy atom. The van der Waals surface area contributed by atoms with Crippen molar-refractivity contribution in [2.45, 2.75) is 116 Å². The summed E-state index contributed by atoms with van der Waals surface area (Å²) in [5.74, 6) is 2.15. The fourth-order valence-electron chi connectivity index (χ4n) is 6.96. The smallest absolute Gasteiger partial charge is 0.407 e. The minimum atomic E-state index is -1.33. The van der Waals surface area contributed by atoms with Crippen molar-refractivity contribution in [2.75, 3.05) is 20.0 Å². The molecular weight excluding hydrogens is 643 g/mol. The average Bonchev–Trinajstić information content (AvgIpc) is 3.65. The van der Waals surface area contributed by atoms with Gasteiger partial charge in [0.1, 0.15) is 30.0 Å². The first kappa shape index (κ1) is 35.0. The number of hydrogen-bond donors (Lipinski definition) is 2. The minimum absolute atomic E-state index is 0.0863. The lowest BCUT2D eigenvalue weighted by Gasteiger charge is -2.42. The Morgan fingerprint density at radius 2 is 1.82 bits per heavy atom. The SMILES string of the molecule is Cc1c(C(=O)N[C@H]2CC[C@H](N(C(=O)O)C(C)(C)C)CC2)c2ncnc(-c3c(OCC4CC4)ccc4c3OCO4)c2n1COCC[Si](C)(C)C. The molecule has 1 aromatic carbocycles. The largest absolute Gasteiger partial charge is 0.492 e. The fraction of sp³-hybridized carbons (Fsp3) is 0.611. The summed E-state index contributed by atoms with van der Waals surface area (Å²) >= 11 is 0. The number of fused-ring (bicyclic) bond motifs is 2. The highest BCUT2D eigenvalue weighted by Crippen LogP contribution is 2.49. The van der Waals surface area contributed by atoms with Gasteiger partial charge in [-0.1, -0.05) is 19.6 Å². The van der Waals surface area contributed by atoms with Crippen molar-refractivity contribution < 1.29 is 33.6 Å². The number of hydrogen-bond acceptors (Lipinski definition) is 8. The standard InChI is InChI=1S/C36H51N5O7Si/c1-22-28(34(42)39-24-10-12-25(13-11-24)41(35(43)44)36(2,3)4)30-32(40(22)20-45-16-17-49(5,6)7)31(38-19-37-30)29-26(46-18-23-8-9-23)14-15-27-33(29)48-21-47-27/h14-15,19,23-25H,8-13,16-18,20-21H2,1-7H3,(H,39,42)(H,43,44)/t24-,25-. The molecule has 1 aliphatic heterocycles. The molecule has 3 heterocycles. The van der Waals surface area contributed by atoms with Gasteiger partial charge in [0.25, 0.3) is 5.91 Å². The lowest BCUT2D eigenvalue weighted by Crippen LogP contribution is -2.53. The van der Waals surface area contributed by atoms with Crippen molar-refractivity contribution in [3.8, 4) is 28.5 Å². The third-order valence-corrected chi connectivity index (χ3v) is 11.5. The predicted octanol–water partition coefficient (Wildman–Crippen LogP) is 7.06. The summed E-state index contributed by atoms with van der Waals surface area (Å²) < 4.78 is 26.4. The van der Waals surface area contributed by atoms with E-state index in [9.17, 15) is 14.7 Å².